The number of hydrogen-bond acceptors (Lipinski definition) is 6. The largest absolute Gasteiger partial charge is 0.357 e. The van der Waals surface area contributed by atoms with Crippen molar-refractivity contribution >= 4 is 37.3 Å². The van der Waals surface area contributed by atoms with E-state index in [1.807, 2.05) is 30.3 Å². The highest BCUT2D eigenvalue weighted by Gasteiger charge is 2.47. The number of sulfonamides is 1. The Bertz CT molecular complexity index is 989. The van der Waals surface area contributed by atoms with Crippen LogP contribution in [-0.4, -0.2) is 27.3 Å². The number of nitrogens with two attached hydrogens (primary N) is 1. The lowest BCUT2D eigenvalue weighted by Crippen LogP contribution is -2.41. The minimum absolute atomic E-state index is 0.0421. The number of benzene rings is 2. The molecule has 0 spiro atoms. The third-order valence-corrected chi connectivity index (χ3v) is 8.41. The summed E-state index contributed by atoms with van der Waals surface area (Å²) in [5, 5.41) is 8.21. The third kappa shape index (κ3) is 3.16. The highest BCUT2D eigenvalue weighted by molar-refractivity contribution is 8.15. The van der Waals surface area contributed by atoms with E-state index >= 15 is 0 Å². The average molecular weight is 385 g/mol. The molecule has 0 amide bonds. The lowest BCUT2D eigenvalue weighted by molar-refractivity contribution is 0.584. The number of anilines is 1. The van der Waals surface area contributed by atoms with Crippen molar-refractivity contribution in [1.82, 2.24) is 0 Å². The molecule has 9 heteroatoms. The van der Waals surface area contributed by atoms with E-state index in [1.165, 1.54) is 18.4 Å². The summed E-state index contributed by atoms with van der Waals surface area (Å²) in [6.07, 6.45) is 1.42. The van der Waals surface area contributed by atoms with Gasteiger partial charge in [0.25, 0.3) is 0 Å². The number of thioether (sulfide) groups is 1. The Labute approximate surface area is 145 Å². The topological polar surface area (TPSA) is 106 Å². The van der Waals surface area contributed by atoms with Crippen molar-refractivity contribution in [2.45, 2.75) is 20.4 Å². The highest BCUT2D eigenvalue weighted by Crippen LogP contribution is 2.50. The molecule has 24 heavy (non-hydrogen) atoms. The van der Waals surface area contributed by atoms with Crippen LogP contribution in [0, 0.1) is 0 Å². The quantitative estimate of drug-likeness (QED) is 0.832. The van der Waals surface area contributed by atoms with Crippen LogP contribution in [-0.2, 0) is 26.3 Å². The molecule has 1 unspecified atom stereocenters. The monoisotopic (exact) mass is 384 g/mol. The molecule has 3 rings (SSSR count). The van der Waals surface area contributed by atoms with Crippen LogP contribution in [0.5, 0.6) is 0 Å². The van der Waals surface area contributed by atoms with Crippen molar-refractivity contribution in [3.63, 3.8) is 0 Å². The van der Waals surface area contributed by atoms with Gasteiger partial charge >= 0.3 is 0 Å². The molecule has 0 radical (unpaired) electrons. The normalized spacial score (nSPS) is 20.4. The fourth-order valence-electron chi connectivity index (χ4n) is 2.52. The van der Waals surface area contributed by atoms with Gasteiger partial charge in [-0.25, -0.2) is 22.0 Å². The first-order valence-electron chi connectivity index (χ1n) is 6.98. The van der Waals surface area contributed by atoms with Crippen LogP contribution in [0.2, 0.25) is 0 Å². The first-order chi connectivity index (χ1) is 11.1. The number of hydrogen-bond donors (Lipinski definition) is 2. The third-order valence-electron chi connectivity index (χ3n) is 3.76. The molecule has 1 aliphatic rings. The van der Waals surface area contributed by atoms with E-state index in [0.717, 1.165) is 17.3 Å². The van der Waals surface area contributed by atoms with Crippen LogP contribution in [0.1, 0.15) is 5.56 Å². The maximum atomic E-state index is 12.5. The Balaban J connectivity index is 2.04. The molecule has 0 fully saturated rings. The van der Waals surface area contributed by atoms with E-state index in [0.29, 0.717) is 10.6 Å². The van der Waals surface area contributed by atoms with E-state index in [-0.39, 0.29) is 11.3 Å². The molecule has 2 aromatic carbocycles. The van der Waals surface area contributed by atoms with Crippen molar-refractivity contribution in [1.29, 1.82) is 0 Å². The predicted octanol–water partition coefficient (Wildman–Crippen LogP) is 1.79. The SMILES string of the molecule is CS(=O)(=O)C1(Cc2ccccc2)Nc2ccc(S(N)(=O)=O)cc2S1. The van der Waals surface area contributed by atoms with Crippen molar-refractivity contribution in [2.24, 2.45) is 5.14 Å². The van der Waals surface area contributed by atoms with Gasteiger partial charge in [0, 0.05) is 23.3 Å². The van der Waals surface area contributed by atoms with Crippen LogP contribution in [0.3, 0.4) is 0 Å². The lowest BCUT2D eigenvalue weighted by Gasteiger charge is -2.27. The summed E-state index contributed by atoms with van der Waals surface area (Å²) in [4.78, 5) is 0.502. The van der Waals surface area contributed by atoms with Crippen molar-refractivity contribution in [2.75, 3.05) is 11.6 Å². The van der Waals surface area contributed by atoms with E-state index < -0.39 is 24.1 Å². The van der Waals surface area contributed by atoms with Gasteiger partial charge in [-0.1, -0.05) is 42.1 Å². The van der Waals surface area contributed by atoms with Gasteiger partial charge in [0.1, 0.15) is 0 Å². The van der Waals surface area contributed by atoms with Crippen LogP contribution in [0.15, 0.2) is 58.3 Å². The van der Waals surface area contributed by atoms with Crippen LogP contribution in [0.4, 0.5) is 5.69 Å². The summed E-state index contributed by atoms with van der Waals surface area (Å²) in [6, 6.07) is 13.6. The van der Waals surface area contributed by atoms with Crippen molar-refractivity contribution in [3.8, 4) is 0 Å². The standard InChI is InChI=1S/C15H16N2O4S3/c1-23(18,19)15(10-11-5-3-2-4-6-11)17-13-8-7-12(24(16,20)21)9-14(13)22-15/h2-9,17H,10H2,1H3,(H2,16,20,21). The molecule has 0 saturated carbocycles. The molecule has 1 atom stereocenters. The molecule has 128 valence electrons. The molecule has 6 nitrogen and oxygen atoms in total. The molecule has 0 aliphatic carbocycles. The van der Waals surface area contributed by atoms with Gasteiger partial charge in [-0.15, -0.1) is 0 Å². The number of sulfone groups is 1. The summed E-state index contributed by atoms with van der Waals surface area (Å²) in [7, 11) is -7.35. The second kappa shape index (κ2) is 5.76. The second-order valence-electron chi connectivity index (χ2n) is 5.62. The zero-order chi connectivity index (χ0) is 17.6. The van der Waals surface area contributed by atoms with Gasteiger partial charge < -0.3 is 5.32 Å². The zero-order valence-electron chi connectivity index (χ0n) is 12.8. The van der Waals surface area contributed by atoms with Crippen LogP contribution < -0.4 is 10.5 Å². The molecule has 3 N–H and O–H groups in total. The first-order valence-corrected chi connectivity index (χ1v) is 11.2. The Kier molecular flexibility index (Phi) is 4.15. The first kappa shape index (κ1) is 17.3. The molecule has 1 heterocycles. The van der Waals surface area contributed by atoms with E-state index in [4.69, 9.17) is 5.14 Å². The van der Waals surface area contributed by atoms with Crippen molar-refractivity contribution in [3.05, 3.63) is 54.1 Å². The minimum Gasteiger partial charge on any atom is -0.357 e. The summed E-state index contributed by atoms with van der Waals surface area (Å²) in [6.45, 7) is 0. The fourth-order valence-corrected chi connectivity index (χ4v) is 5.90. The Morgan fingerprint density at radius 2 is 1.75 bits per heavy atom. The van der Waals surface area contributed by atoms with Crippen LogP contribution in [0.25, 0.3) is 0 Å². The van der Waals surface area contributed by atoms with Gasteiger partial charge in [-0.05, 0) is 23.8 Å². The average Bonchev–Trinajstić information content (AvgIpc) is 2.85. The second-order valence-corrected chi connectivity index (χ2v) is 11.0. The number of primary sulfonamides is 1. The predicted molar refractivity (Wildman–Crippen MR) is 95.0 cm³/mol. The molecular formula is C15H16N2O4S3. The number of fused-ring (bicyclic) bond motifs is 1. The smallest absolute Gasteiger partial charge is 0.238 e. The van der Waals surface area contributed by atoms with Gasteiger partial charge in [-0.2, -0.15) is 0 Å². The Hall–Kier alpha value is -1.55. The van der Waals surface area contributed by atoms with Crippen molar-refractivity contribution < 1.29 is 16.8 Å². The maximum Gasteiger partial charge on any atom is 0.238 e. The van der Waals surface area contributed by atoms with Gasteiger partial charge in [0.05, 0.1) is 4.90 Å². The summed E-state index contributed by atoms with van der Waals surface area (Å²) < 4.78 is 46.7. The maximum absolute atomic E-state index is 12.5. The zero-order valence-corrected chi connectivity index (χ0v) is 15.2. The van der Waals surface area contributed by atoms with E-state index in [2.05, 4.69) is 5.32 Å². The van der Waals surface area contributed by atoms with Gasteiger partial charge in [0.2, 0.25) is 10.0 Å². The number of rotatable bonds is 4. The van der Waals surface area contributed by atoms with Gasteiger partial charge in [-0.3, -0.25) is 0 Å². The summed E-state index contributed by atoms with van der Waals surface area (Å²) >= 11 is 1.10. The Morgan fingerprint density at radius 1 is 1.08 bits per heavy atom. The van der Waals surface area contributed by atoms with E-state index in [9.17, 15) is 16.8 Å². The number of nitrogens with one attached hydrogen (secondary N) is 1. The minimum atomic E-state index is -3.85. The molecular weight excluding hydrogens is 368 g/mol. The fraction of sp³-hybridized carbons (Fsp3) is 0.200. The summed E-state index contributed by atoms with van der Waals surface area (Å²) in [5.74, 6) is 0. The molecule has 1 aliphatic heterocycles. The lowest BCUT2D eigenvalue weighted by atomic mass is 10.1. The Morgan fingerprint density at radius 3 is 2.33 bits per heavy atom. The van der Waals surface area contributed by atoms with Gasteiger partial charge in [0.15, 0.2) is 14.0 Å². The van der Waals surface area contributed by atoms with E-state index in [1.54, 1.807) is 6.07 Å². The molecule has 2 aromatic rings. The molecule has 0 bridgehead atoms. The summed E-state index contributed by atoms with van der Waals surface area (Å²) in [5.41, 5.74) is 1.44. The van der Waals surface area contributed by atoms with Crippen LogP contribution >= 0.6 is 11.8 Å². The highest BCUT2D eigenvalue weighted by atomic mass is 32.3. The molecule has 0 saturated heterocycles. The molecule has 0 aromatic heterocycles.